The summed E-state index contributed by atoms with van der Waals surface area (Å²) in [6, 6.07) is 8.35. The van der Waals surface area contributed by atoms with Crippen molar-refractivity contribution in [2.45, 2.75) is 45.1 Å². The number of hydrogen-bond donors (Lipinski definition) is 1. The zero-order valence-corrected chi connectivity index (χ0v) is 14.7. The Hall–Kier alpha value is -1.55. The van der Waals surface area contributed by atoms with E-state index in [1.54, 1.807) is 0 Å². The van der Waals surface area contributed by atoms with Gasteiger partial charge in [-0.2, -0.15) is 0 Å². The van der Waals surface area contributed by atoms with Crippen LogP contribution >= 0.6 is 0 Å². The summed E-state index contributed by atoms with van der Waals surface area (Å²) in [5.41, 5.74) is 1.20. The molecule has 128 valence electrons. The lowest BCUT2D eigenvalue weighted by Crippen LogP contribution is -2.38. The van der Waals surface area contributed by atoms with E-state index >= 15 is 0 Å². The molecule has 0 bridgehead atoms. The molecule has 1 fully saturated rings. The molecular formula is C19H30N2O2. The average Bonchev–Trinajstić information content (AvgIpc) is 2.57. The highest BCUT2D eigenvalue weighted by Gasteiger charge is 2.22. The first-order chi connectivity index (χ1) is 11.1. The van der Waals surface area contributed by atoms with E-state index in [0.717, 1.165) is 18.6 Å². The molecular weight excluding hydrogens is 288 g/mol. The Bertz CT molecular complexity index is 479. The maximum atomic E-state index is 12.3. The molecule has 23 heavy (non-hydrogen) atoms. The average molecular weight is 318 g/mol. The molecule has 1 aliphatic carbocycles. The van der Waals surface area contributed by atoms with Crippen LogP contribution in [0.3, 0.4) is 0 Å². The first kappa shape index (κ1) is 17.8. The topological polar surface area (TPSA) is 41.6 Å². The fourth-order valence-corrected chi connectivity index (χ4v) is 3.26. The molecule has 1 N–H and O–H groups in total. The second-order valence-corrected chi connectivity index (χ2v) is 6.56. The molecule has 4 nitrogen and oxygen atoms in total. The third-order valence-electron chi connectivity index (χ3n) is 4.64. The van der Waals surface area contributed by atoms with Crippen molar-refractivity contribution >= 4 is 5.91 Å². The van der Waals surface area contributed by atoms with E-state index in [0.29, 0.717) is 13.2 Å². The van der Waals surface area contributed by atoms with Crippen LogP contribution in [0.15, 0.2) is 24.3 Å². The fourth-order valence-electron chi connectivity index (χ4n) is 3.26. The van der Waals surface area contributed by atoms with Crippen molar-refractivity contribution < 1.29 is 9.53 Å². The smallest absolute Gasteiger partial charge is 0.223 e. The minimum absolute atomic E-state index is 0.179. The number of carbonyl (C=O) groups excluding carboxylic acids is 1. The predicted molar refractivity (Wildman–Crippen MR) is 93.6 cm³/mol. The van der Waals surface area contributed by atoms with Crippen LogP contribution in [-0.4, -0.2) is 38.1 Å². The van der Waals surface area contributed by atoms with Crippen LogP contribution in [0.25, 0.3) is 0 Å². The van der Waals surface area contributed by atoms with Crippen molar-refractivity contribution in [3.05, 3.63) is 29.8 Å². The van der Waals surface area contributed by atoms with Crippen LogP contribution < -0.4 is 10.1 Å². The van der Waals surface area contributed by atoms with E-state index in [4.69, 9.17) is 4.74 Å². The number of nitrogens with zero attached hydrogens (tertiary/aromatic N) is 1. The zero-order valence-electron chi connectivity index (χ0n) is 14.7. The number of likely N-dealkylation sites (N-methyl/N-ethyl adjacent to an activating group) is 1. The molecule has 1 aliphatic rings. The van der Waals surface area contributed by atoms with Gasteiger partial charge < -0.3 is 15.0 Å². The van der Waals surface area contributed by atoms with Gasteiger partial charge >= 0.3 is 0 Å². The normalized spacial score (nSPS) is 17.0. The summed E-state index contributed by atoms with van der Waals surface area (Å²) >= 11 is 0. The lowest BCUT2D eigenvalue weighted by atomic mass is 9.88. The van der Waals surface area contributed by atoms with Crippen molar-refractivity contribution in [2.75, 3.05) is 27.2 Å². The molecule has 0 heterocycles. The van der Waals surface area contributed by atoms with Gasteiger partial charge in [-0.1, -0.05) is 31.4 Å². The van der Waals surface area contributed by atoms with Gasteiger partial charge in [0.25, 0.3) is 0 Å². The van der Waals surface area contributed by atoms with Gasteiger partial charge in [-0.05, 0) is 51.6 Å². The minimum Gasteiger partial charge on any atom is -0.494 e. The van der Waals surface area contributed by atoms with Gasteiger partial charge in [0.05, 0.1) is 12.6 Å². The predicted octanol–water partition coefficient (Wildman–Crippen LogP) is 3.38. The van der Waals surface area contributed by atoms with Crippen molar-refractivity contribution in [3.63, 3.8) is 0 Å². The minimum atomic E-state index is 0.179. The van der Waals surface area contributed by atoms with Gasteiger partial charge in [0.15, 0.2) is 0 Å². The second kappa shape index (κ2) is 8.92. The number of ether oxygens (including phenoxy) is 1. The van der Waals surface area contributed by atoms with Crippen molar-refractivity contribution in [1.29, 1.82) is 0 Å². The molecule has 4 heteroatoms. The van der Waals surface area contributed by atoms with Crippen LogP contribution in [0, 0.1) is 5.92 Å². The van der Waals surface area contributed by atoms with Crippen molar-refractivity contribution in [2.24, 2.45) is 5.92 Å². The Morgan fingerprint density at radius 1 is 1.22 bits per heavy atom. The lowest BCUT2D eigenvalue weighted by Gasteiger charge is -2.27. The first-order valence-electron chi connectivity index (χ1n) is 8.78. The van der Waals surface area contributed by atoms with Crippen LogP contribution in [0.1, 0.15) is 50.6 Å². The molecule has 0 aromatic heterocycles. The maximum absolute atomic E-state index is 12.3. The number of carbonyl (C=O) groups is 1. The highest BCUT2D eigenvalue weighted by molar-refractivity contribution is 5.78. The van der Waals surface area contributed by atoms with Gasteiger partial charge in [-0.15, -0.1) is 0 Å². The quantitative estimate of drug-likeness (QED) is 0.838. The molecule has 1 atom stereocenters. The molecule has 0 aliphatic heterocycles. The highest BCUT2D eigenvalue weighted by atomic mass is 16.5. The lowest BCUT2D eigenvalue weighted by molar-refractivity contribution is -0.126. The molecule has 0 saturated heterocycles. The first-order valence-corrected chi connectivity index (χ1v) is 8.78. The molecule has 0 radical (unpaired) electrons. The van der Waals surface area contributed by atoms with Crippen molar-refractivity contribution in [3.8, 4) is 5.75 Å². The summed E-state index contributed by atoms with van der Waals surface area (Å²) in [5, 5.41) is 3.16. The van der Waals surface area contributed by atoms with Gasteiger partial charge in [-0.25, -0.2) is 0 Å². The number of rotatable bonds is 7. The standard InChI is InChI=1S/C19H30N2O2/c1-4-23-17-12-10-15(11-13-17)18(21(2)3)14-20-19(22)16-8-6-5-7-9-16/h10-13,16,18H,4-9,14H2,1-3H3,(H,20,22). The summed E-state index contributed by atoms with van der Waals surface area (Å²) < 4.78 is 5.50. The van der Waals surface area contributed by atoms with E-state index in [-0.39, 0.29) is 17.9 Å². The molecule has 1 amide bonds. The monoisotopic (exact) mass is 318 g/mol. The number of benzene rings is 1. The summed E-state index contributed by atoms with van der Waals surface area (Å²) in [6.07, 6.45) is 5.74. The summed E-state index contributed by atoms with van der Waals surface area (Å²) in [7, 11) is 4.10. The zero-order chi connectivity index (χ0) is 16.7. The highest BCUT2D eigenvalue weighted by Crippen LogP contribution is 2.25. The Morgan fingerprint density at radius 3 is 2.43 bits per heavy atom. The van der Waals surface area contributed by atoms with Gasteiger partial charge in [0.2, 0.25) is 5.91 Å². The Kier molecular flexibility index (Phi) is 6.90. The van der Waals surface area contributed by atoms with Crippen LogP contribution in [-0.2, 0) is 4.79 Å². The van der Waals surface area contributed by atoms with Crippen LogP contribution in [0.5, 0.6) is 5.75 Å². The fraction of sp³-hybridized carbons (Fsp3) is 0.632. The molecule has 1 aromatic carbocycles. The third kappa shape index (κ3) is 5.24. The maximum Gasteiger partial charge on any atom is 0.223 e. The van der Waals surface area contributed by atoms with E-state index in [1.165, 1.54) is 24.8 Å². The van der Waals surface area contributed by atoms with E-state index < -0.39 is 0 Å². The molecule has 1 saturated carbocycles. The van der Waals surface area contributed by atoms with Crippen LogP contribution in [0.2, 0.25) is 0 Å². The van der Waals surface area contributed by atoms with E-state index in [2.05, 4.69) is 22.3 Å². The number of hydrogen-bond acceptors (Lipinski definition) is 3. The van der Waals surface area contributed by atoms with Gasteiger partial charge in [-0.3, -0.25) is 4.79 Å². The van der Waals surface area contributed by atoms with Gasteiger partial charge in [0, 0.05) is 12.5 Å². The molecule has 0 spiro atoms. The molecule has 1 unspecified atom stereocenters. The largest absolute Gasteiger partial charge is 0.494 e. The van der Waals surface area contributed by atoms with E-state index in [9.17, 15) is 4.79 Å². The molecule has 1 aromatic rings. The Morgan fingerprint density at radius 2 is 1.87 bits per heavy atom. The second-order valence-electron chi connectivity index (χ2n) is 6.56. The SMILES string of the molecule is CCOc1ccc(C(CNC(=O)C2CCCCC2)N(C)C)cc1. The molecule has 2 rings (SSSR count). The van der Waals surface area contributed by atoms with E-state index in [1.807, 2.05) is 33.2 Å². The van der Waals surface area contributed by atoms with Crippen molar-refractivity contribution in [1.82, 2.24) is 10.2 Å². The third-order valence-corrected chi connectivity index (χ3v) is 4.64. The summed E-state index contributed by atoms with van der Waals surface area (Å²) in [5.74, 6) is 1.33. The summed E-state index contributed by atoms with van der Waals surface area (Å²) in [6.45, 7) is 3.31. The van der Waals surface area contributed by atoms with Gasteiger partial charge in [0.1, 0.15) is 5.75 Å². The summed E-state index contributed by atoms with van der Waals surface area (Å²) in [4.78, 5) is 14.5. The Balaban J connectivity index is 1.94. The Labute approximate surface area is 140 Å². The number of nitrogens with one attached hydrogen (secondary N) is 1. The van der Waals surface area contributed by atoms with Crippen LogP contribution in [0.4, 0.5) is 0 Å². The number of amides is 1.